The highest BCUT2D eigenvalue weighted by molar-refractivity contribution is 5.81. The van der Waals surface area contributed by atoms with Crippen LogP contribution in [0.3, 0.4) is 0 Å². The van der Waals surface area contributed by atoms with Crippen LogP contribution in [-0.4, -0.2) is 57.7 Å². The molecule has 1 fully saturated rings. The Hall–Kier alpha value is -2.28. The zero-order chi connectivity index (χ0) is 19.4. The standard InChI is InChI=1S/C20H28N2O5/c1-25-17-10-14-6-9-22(20(24)13-4-7-21-8-5-13)16(12-19(23)27-3)15(14)11-18(17)26-2/h10-11,13,16,21H,4-9,12H2,1-3H3. The molecule has 0 saturated carbocycles. The molecule has 1 N–H and O–H groups in total. The fraction of sp³-hybridized carbons (Fsp3) is 0.600. The number of methoxy groups -OCH3 is 3. The number of esters is 1. The van der Waals surface area contributed by atoms with Crippen LogP contribution >= 0.6 is 0 Å². The van der Waals surface area contributed by atoms with Crippen LogP contribution < -0.4 is 14.8 Å². The molecule has 1 saturated heterocycles. The summed E-state index contributed by atoms with van der Waals surface area (Å²) < 4.78 is 15.7. The number of carbonyl (C=O) groups excluding carboxylic acids is 2. The first kappa shape index (κ1) is 19.5. The summed E-state index contributed by atoms with van der Waals surface area (Å²) in [5.74, 6) is 1.07. The van der Waals surface area contributed by atoms with E-state index in [2.05, 4.69) is 5.32 Å². The van der Waals surface area contributed by atoms with Crippen molar-refractivity contribution in [1.82, 2.24) is 10.2 Å². The second-order valence-electron chi connectivity index (χ2n) is 7.01. The first-order valence-corrected chi connectivity index (χ1v) is 9.41. The zero-order valence-corrected chi connectivity index (χ0v) is 16.2. The highest BCUT2D eigenvalue weighted by Crippen LogP contribution is 2.40. The highest BCUT2D eigenvalue weighted by atomic mass is 16.5. The average Bonchev–Trinajstić information content (AvgIpc) is 2.72. The van der Waals surface area contributed by atoms with Crippen LogP contribution in [0.2, 0.25) is 0 Å². The van der Waals surface area contributed by atoms with E-state index in [0.717, 1.165) is 43.5 Å². The van der Waals surface area contributed by atoms with E-state index < -0.39 is 0 Å². The molecule has 0 aliphatic carbocycles. The van der Waals surface area contributed by atoms with Gasteiger partial charge in [-0.05, 0) is 55.6 Å². The predicted molar refractivity (Wildman–Crippen MR) is 99.9 cm³/mol. The first-order valence-electron chi connectivity index (χ1n) is 9.41. The molecule has 7 heteroatoms. The summed E-state index contributed by atoms with van der Waals surface area (Å²) in [4.78, 5) is 27.2. The molecule has 0 radical (unpaired) electrons. The molecule has 1 unspecified atom stereocenters. The highest BCUT2D eigenvalue weighted by Gasteiger charge is 2.36. The minimum atomic E-state index is -0.344. The number of hydrogen-bond acceptors (Lipinski definition) is 6. The van der Waals surface area contributed by atoms with Crippen molar-refractivity contribution in [1.29, 1.82) is 0 Å². The van der Waals surface area contributed by atoms with Gasteiger partial charge >= 0.3 is 5.97 Å². The van der Waals surface area contributed by atoms with Crippen LogP contribution in [0.15, 0.2) is 12.1 Å². The first-order chi connectivity index (χ1) is 13.1. The van der Waals surface area contributed by atoms with Crippen molar-refractivity contribution in [3.05, 3.63) is 23.3 Å². The summed E-state index contributed by atoms with van der Waals surface area (Å²) in [6.45, 7) is 2.30. The van der Waals surface area contributed by atoms with Crippen LogP contribution in [-0.2, 0) is 20.7 Å². The molecule has 1 aromatic carbocycles. The van der Waals surface area contributed by atoms with Crippen molar-refractivity contribution in [2.45, 2.75) is 31.7 Å². The van der Waals surface area contributed by atoms with E-state index in [9.17, 15) is 9.59 Å². The molecule has 0 aromatic heterocycles. The molecule has 1 amide bonds. The fourth-order valence-electron chi connectivity index (χ4n) is 4.06. The van der Waals surface area contributed by atoms with E-state index in [-0.39, 0.29) is 30.3 Å². The summed E-state index contributed by atoms with van der Waals surface area (Å²) in [5, 5.41) is 3.29. The van der Waals surface area contributed by atoms with Gasteiger partial charge in [0.25, 0.3) is 0 Å². The second-order valence-corrected chi connectivity index (χ2v) is 7.01. The molecule has 2 aliphatic heterocycles. The predicted octanol–water partition coefficient (Wildman–Crippen LogP) is 1.69. The van der Waals surface area contributed by atoms with Gasteiger partial charge in [0.1, 0.15) is 0 Å². The maximum Gasteiger partial charge on any atom is 0.307 e. The molecule has 2 aliphatic rings. The van der Waals surface area contributed by atoms with E-state index in [1.807, 2.05) is 17.0 Å². The third-order valence-corrected chi connectivity index (χ3v) is 5.56. The lowest BCUT2D eigenvalue weighted by Crippen LogP contribution is -2.46. The summed E-state index contributed by atoms with van der Waals surface area (Å²) in [5.41, 5.74) is 2.02. The molecule has 148 valence electrons. The van der Waals surface area contributed by atoms with Crippen LogP contribution in [0.25, 0.3) is 0 Å². The molecule has 1 atom stereocenters. The molecular formula is C20H28N2O5. The van der Waals surface area contributed by atoms with Gasteiger partial charge in [0, 0.05) is 12.5 Å². The number of amides is 1. The molecule has 7 nitrogen and oxygen atoms in total. The minimum absolute atomic E-state index is 0.00749. The van der Waals surface area contributed by atoms with Gasteiger partial charge in [0.15, 0.2) is 11.5 Å². The number of rotatable bonds is 5. The van der Waals surface area contributed by atoms with E-state index in [1.165, 1.54) is 7.11 Å². The van der Waals surface area contributed by atoms with E-state index in [0.29, 0.717) is 18.0 Å². The third kappa shape index (κ3) is 4.03. The van der Waals surface area contributed by atoms with Crippen LogP contribution in [0.1, 0.15) is 36.4 Å². The molecule has 0 bridgehead atoms. The summed E-state index contributed by atoms with van der Waals surface area (Å²) >= 11 is 0. The Labute approximate surface area is 160 Å². The minimum Gasteiger partial charge on any atom is -0.493 e. The van der Waals surface area contributed by atoms with Crippen molar-refractivity contribution in [3.63, 3.8) is 0 Å². The lowest BCUT2D eigenvalue weighted by atomic mass is 9.87. The number of ether oxygens (including phenoxy) is 3. The third-order valence-electron chi connectivity index (χ3n) is 5.56. The summed E-state index contributed by atoms with van der Waals surface area (Å²) in [6, 6.07) is 3.50. The van der Waals surface area contributed by atoms with Crippen molar-refractivity contribution in [2.75, 3.05) is 41.0 Å². The van der Waals surface area contributed by atoms with Crippen LogP contribution in [0.4, 0.5) is 0 Å². The quantitative estimate of drug-likeness (QED) is 0.788. The van der Waals surface area contributed by atoms with Gasteiger partial charge in [-0.3, -0.25) is 9.59 Å². The van der Waals surface area contributed by atoms with E-state index in [4.69, 9.17) is 14.2 Å². The van der Waals surface area contributed by atoms with Crippen molar-refractivity contribution < 1.29 is 23.8 Å². The fourth-order valence-corrected chi connectivity index (χ4v) is 4.06. The van der Waals surface area contributed by atoms with Gasteiger partial charge in [0.2, 0.25) is 5.91 Å². The number of carbonyl (C=O) groups is 2. The Morgan fingerprint density at radius 1 is 1.11 bits per heavy atom. The Kier molecular flexibility index (Phi) is 6.21. The van der Waals surface area contributed by atoms with Gasteiger partial charge in [-0.25, -0.2) is 0 Å². The lowest BCUT2D eigenvalue weighted by molar-refractivity contribution is -0.145. The smallest absolute Gasteiger partial charge is 0.307 e. The number of nitrogens with one attached hydrogen (secondary N) is 1. The number of fused-ring (bicyclic) bond motifs is 1. The normalized spacial score (nSPS) is 20.0. The van der Waals surface area contributed by atoms with Gasteiger partial charge in [-0.15, -0.1) is 0 Å². The van der Waals surface area contributed by atoms with Gasteiger partial charge < -0.3 is 24.4 Å². The van der Waals surface area contributed by atoms with Crippen molar-refractivity contribution >= 4 is 11.9 Å². The Morgan fingerprint density at radius 3 is 2.41 bits per heavy atom. The van der Waals surface area contributed by atoms with E-state index >= 15 is 0 Å². The molecule has 3 rings (SSSR count). The van der Waals surface area contributed by atoms with Crippen LogP contribution in [0, 0.1) is 5.92 Å². The van der Waals surface area contributed by atoms with Gasteiger partial charge in [-0.2, -0.15) is 0 Å². The maximum atomic E-state index is 13.2. The van der Waals surface area contributed by atoms with E-state index in [1.54, 1.807) is 14.2 Å². The lowest BCUT2D eigenvalue weighted by Gasteiger charge is -2.39. The largest absolute Gasteiger partial charge is 0.493 e. The Balaban J connectivity index is 1.95. The number of benzene rings is 1. The van der Waals surface area contributed by atoms with Crippen LogP contribution in [0.5, 0.6) is 11.5 Å². The monoisotopic (exact) mass is 376 g/mol. The second kappa shape index (κ2) is 8.61. The summed E-state index contributed by atoms with van der Waals surface area (Å²) in [7, 11) is 4.56. The average molecular weight is 376 g/mol. The molecule has 2 heterocycles. The molecule has 0 spiro atoms. The molecule has 1 aromatic rings. The zero-order valence-electron chi connectivity index (χ0n) is 16.2. The number of piperidine rings is 1. The van der Waals surface area contributed by atoms with Gasteiger partial charge in [0.05, 0.1) is 33.8 Å². The molecular weight excluding hydrogens is 348 g/mol. The van der Waals surface area contributed by atoms with Gasteiger partial charge in [-0.1, -0.05) is 0 Å². The Bertz CT molecular complexity index is 700. The van der Waals surface area contributed by atoms with Crippen molar-refractivity contribution in [3.8, 4) is 11.5 Å². The SMILES string of the molecule is COC(=O)CC1c2cc(OC)c(OC)cc2CCN1C(=O)C1CCNCC1. The molecule has 27 heavy (non-hydrogen) atoms. The summed E-state index contributed by atoms with van der Waals surface area (Å²) in [6.07, 6.45) is 2.53. The number of nitrogens with zero attached hydrogens (tertiary/aromatic N) is 1. The Morgan fingerprint density at radius 2 is 1.78 bits per heavy atom. The topological polar surface area (TPSA) is 77.1 Å². The van der Waals surface area contributed by atoms with Crippen molar-refractivity contribution in [2.24, 2.45) is 5.92 Å². The number of hydrogen-bond donors (Lipinski definition) is 1. The maximum absolute atomic E-state index is 13.2.